The van der Waals surface area contributed by atoms with Gasteiger partial charge in [-0.1, -0.05) is 18.2 Å². The number of phenolic OH excluding ortho intramolecular Hbond substituents is 1. The number of rotatable bonds is 5. The first kappa shape index (κ1) is 21.8. The number of nitrogens with zero attached hydrogens (tertiary/aromatic N) is 1. The zero-order valence-electron chi connectivity index (χ0n) is 16.8. The number of sulfonamides is 1. The van der Waals surface area contributed by atoms with E-state index in [0.29, 0.717) is 17.9 Å². The topological polar surface area (TPSA) is 78.9 Å². The number of hydrogen-bond acceptors (Lipinski definition) is 5. The third-order valence-electron chi connectivity index (χ3n) is 5.11. The number of methoxy groups -OCH3 is 1. The van der Waals surface area contributed by atoms with Crippen LogP contribution in [-0.4, -0.2) is 27.2 Å². The number of ether oxygens (including phenoxy) is 1. The van der Waals surface area contributed by atoms with Gasteiger partial charge in [0.2, 0.25) is 0 Å². The van der Waals surface area contributed by atoms with E-state index in [2.05, 4.69) is 5.32 Å². The van der Waals surface area contributed by atoms with Gasteiger partial charge in [0.15, 0.2) is 0 Å². The van der Waals surface area contributed by atoms with E-state index >= 15 is 0 Å². The largest absolute Gasteiger partial charge is 0.508 e. The molecule has 1 aliphatic rings. The van der Waals surface area contributed by atoms with E-state index in [1.165, 1.54) is 31.4 Å². The monoisotopic (exact) mass is 464 g/mol. The summed E-state index contributed by atoms with van der Waals surface area (Å²) in [5, 5.41) is 12.5. The second-order valence-electron chi connectivity index (χ2n) is 7.21. The van der Waals surface area contributed by atoms with Crippen LogP contribution < -0.4 is 14.4 Å². The van der Waals surface area contributed by atoms with Gasteiger partial charge in [-0.15, -0.1) is 0 Å². The van der Waals surface area contributed by atoms with E-state index in [-0.39, 0.29) is 23.7 Å². The molecule has 168 valence electrons. The summed E-state index contributed by atoms with van der Waals surface area (Å²) in [7, 11) is -3.06. The van der Waals surface area contributed by atoms with Crippen molar-refractivity contribution in [2.45, 2.75) is 17.5 Å². The lowest BCUT2D eigenvalue weighted by Gasteiger charge is -2.23. The minimum Gasteiger partial charge on any atom is -0.508 e. The molecule has 0 aliphatic carbocycles. The van der Waals surface area contributed by atoms with E-state index in [9.17, 15) is 26.7 Å². The van der Waals surface area contributed by atoms with Gasteiger partial charge in [-0.3, -0.25) is 4.31 Å². The lowest BCUT2D eigenvalue weighted by Crippen LogP contribution is -2.31. The second-order valence-corrected chi connectivity index (χ2v) is 9.04. The molecule has 0 saturated heterocycles. The number of fused-ring (bicyclic) bond motifs is 1. The number of aromatic hydroxyl groups is 1. The number of anilines is 3. The predicted octanol–water partition coefficient (Wildman–Crippen LogP) is 4.91. The number of phenols is 1. The molecule has 0 aromatic heterocycles. The molecule has 0 atom stereocenters. The Bertz CT molecular complexity index is 1280. The van der Waals surface area contributed by atoms with Crippen LogP contribution in [0.1, 0.15) is 11.1 Å². The van der Waals surface area contributed by atoms with Crippen molar-refractivity contribution in [3.63, 3.8) is 0 Å². The molecule has 2 N–H and O–H groups in total. The highest BCUT2D eigenvalue weighted by atomic mass is 32.2. The van der Waals surface area contributed by atoms with Crippen molar-refractivity contribution in [3.8, 4) is 11.5 Å². The maximum Gasteiger partial charge on any atom is 0.417 e. The fourth-order valence-electron chi connectivity index (χ4n) is 3.67. The first-order valence-corrected chi connectivity index (χ1v) is 11.0. The molecule has 0 amide bonds. The van der Waals surface area contributed by atoms with Crippen LogP contribution in [0.5, 0.6) is 11.5 Å². The number of halogens is 3. The molecule has 4 rings (SSSR count). The summed E-state index contributed by atoms with van der Waals surface area (Å²) < 4.78 is 74.2. The summed E-state index contributed by atoms with van der Waals surface area (Å²) in [5.41, 5.74) is 0.152. The maximum atomic E-state index is 13.9. The quantitative estimate of drug-likeness (QED) is 0.561. The van der Waals surface area contributed by atoms with Crippen molar-refractivity contribution in [3.05, 3.63) is 71.8 Å². The number of para-hydroxylation sites is 1. The highest BCUT2D eigenvalue weighted by Gasteiger charge is 2.40. The molecule has 1 aliphatic heterocycles. The van der Waals surface area contributed by atoms with E-state index in [4.69, 9.17) is 4.74 Å². The van der Waals surface area contributed by atoms with Gasteiger partial charge >= 0.3 is 6.18 Å². The van der Waals surface area contributed by atoms with Gasteiger partial charge in [-0.2, -0.15) is 13.2 Å². The molecule has 0 unspecified atom stereocenters. The highest BCUT2D eigenvalue weighted by Crippen LogP contribution is 2.40. The van der Waals surface area contributed by atoms with Gasteiger partial charge in [0.05, 0.1) is 23.3 Å². The zero-order valence-corrected chi connectivity index (χ0v) is 17.7. The van der Waals surface area contributed by atoms with E-state index < -0.39 is 26.7 Å². The Balaban J connectivity index is 1.75. The van der Waals surface area contributed by atoms with Crippen LogP contribution in [-0.2, 0) is 22.6 Å². The Morgan fingerprint density at radius 2 is 1.78 bits per heavy atom. The molecular formula is C22H19F3N2O4S. The molecule has 32 heavy (non-hydrogen) atoms. The number of nitrogens with one attached hydrogen (secondary N) is 1. The Labute approximate surface area is 182 Å². The SMILES string of the molecule is COc1cc(O)cc(Nc2ccc(S(=O)(=O)N3CCc4ccccc43)c(C(F)(F)F)c2)c1. The van der Waals surface area contributed by atoms with Crippen molar-refractivity contribution >= 4 is 27.1 Å². The van der Waals surface area contributed by atoms with Crippen LogP contribution >= 0.6 is 0 Å². The van der Waals surface area contributed by atoms with Gasteiger partial charge in [0.25, 0.3) is 10.0 Å². The summed E-state index contributed by atoms with van der Waals surface area (Å²) in [6.45, 7) is 0.0715. The zero-order chi connectivity index (χ0) is 23.1. The molecule has 3 aromatic rings. The molecule has 0 bridgehead atoms. The van der Waals surface area contributed by atoms with Crippen LogP contribution in [0, 0.1) is 0 Å². The standard InChI is InChI=1S/C22H19F3N2O4S/c1-31-18-11-16(10-17(28)13-18)26-15-6-7-21(19(12-15)22(23,24)25)32(29,30)27-9-8-14-4-2-3-5-20(14)27/h2-7,10-13,26,28H,8-9H2,1H3. The third-order valence-corrected chi connectivity index (χ3v) is 6.98. The van der Waals surface area contributed by atoms with Crippen LogP contribution in [0.15, 0.2) is 65.6 Å². The molecule has 0 spiro atoms. The lowest BCUT2D eigenvalue weighted by molar-refractivity contribution is -0.139. The fraction of sp³-hybridized carbons (Fsp3) is 0.182. The van der Waals surface area contributed by atoms with Gasteiger partial charge in [0, 0.05) is 36.1 Å². The smallest absolute Gasteiger partial charge is 0.417 e. The van der Waals surface area contributed by atoms with E-state index in [1.807, 2.05) is 0 Å². The van der Waals surface area contributed by atoms with Crippen LogP contribution in [0.3, 0.4) is 0 Å². The van der Waals surface area contributed by atoms with Crippen molar-refractivity contribution in [2.24, 2.45) is 0 Å². The van der Waals surface area contributed by atoms with Crippen molar-refractivity contribution in [2.75, 3.05) is 23.3 Å². The predicted molar refractivity (Wildman–Crippen MR) is 114 cm³/mol. The average Bonchev–Trinajstić information content (AvgIpc) is 3.17. The highest BCUT2D eigenvalue weighted by molar-refractivity contribution is 7.93. The molecule has 0 saturated carbocycles. The Kier molecular flexibility index (Phi) is 5.41. The summed E-state index contributed by atoms with van der Waals surface area (Å²) in [5.74, 6) is 0.158. The average molecular weight is 464 g/mol. The van der Waals surface area contributed by atoms with Crippen LogP contribution in [0.2, 0.25) is 0 Å². The van der Waals surface area contributed by atoms with Gasteiger partial charge in [-0.25, -0.2) is 8.42 Å². The number of benzene rings is 3. The van der Waals surface area contributed by atoms with Gasteiger partial charge in [0.1, 0.15) is 11.5 Å². The van der Waals surface area contributed by atoms with Crippen molar-refractivity contribution in [1.29, 1.82) is 0 Å². The minimum atomic E-state index is -4.91. The third kappa shape index (κ3) is 4.05. The molecule has 0 radical (unpaired) electrons. The molecule has 3 aromatic carbocycles. The first-order chi connectivity index (χ1) is 15.1. The molecule has 1 heterocycles. The Morgan fingerprint density at radius 3 is 2.50 bits per heavy atom. The van der Waals surface area contributed by atoms with Crippen molar-refractivity contribution < 1.29 is 31.4 Å². The Morgan fingerprint density at radius 1 is 1.03 bits per heavy atom. The van der Waals surface area contributed by atoms with Gasteiger partial charge < -0.3 is 15.2 Å². The van der Waals surface area contributed by atoms with Crippen molar-refractivity contribution in [1.82, 2.24) is 0 Å². The minimum absolute atomic E-state index is 0.00532. The van der Waals surface area contributed by atoms with Gasteiger partial charge in [-0.05, 0) is 36.2 Å². The normalized spacial score (nSPS) is 13.7. The maximum absolute atomic E-state index is 13.9. The lowest BCUT2D eigenvalue weighted by atomic mass is 10.2. The summed E-state index contributed by atoms with van der Waals surface area (Å²) in [6, 6.07) is 13.8. The van der Waals surface area contributed by atoms with Crippen LogP contribution in [0.25, 0.3) is 0 Å². The summed E-state index contributed by atoms with van der Waals surface area (Å²) in [6.07, 6.45) is -4.48. The molecule has 6 nitrogen and oxygen atoms in total. The van der Waals surface area contributed by atoms with E-state index in [1.54, 1.807) is 24.3 Å². The molecule has 0 fully saturated rings. The first-order valence-electron chi connectivity index (χ1n) is 9.56. The Hall–Kier alpha value is -3.40. The molecule has 10 heteroatoms. The van der Waals surface area contributed by atoms with Crippen LogP contribution in [0.4, 0.5) is 30.2 Å². The second kappa shape index (κ2) is 7.94. The summed E-state index contributed by atoms with van der Waals surface area (Å²) >= 11 is 0. The number of hydrogen-bond donors (Lipinski definition) is 2. The number of alkyl halides is 3. The summed E-state index contributed by atoms with van der Waals surface area (Å²) in [4.78, 5) is -0.819. The molecular weight excluding hydrogens is 445 g/mol. The fourth-order valence-corrected chi connectivity index (χ4v) is 5.37. The van der Waals surface area contributed by atoms with E-state index in [0.717, 1.165) is 22.0 Å².